The van der Waals surface area contributed by atoms with Crippen LogP contribution >= 0.6 is 34.4 Å². The minimum absolute atomic E-state index is 0.0953. The number of benzene rings is 3. The van der Waals surface area contributed by atoms with Gasteiger partial charge in [0.2, 0.25) is 0 Å². The molecule has 0 unspecified atom stereocenters. The molecule has 5 heteroatoms. The number of rotatable bonds is 13. The lowest BCUT2D eigenvalue weighted by Gasteiger charge is -2.33. The largest absolute Gasteiger partial charge is 0.172 e. The molecule has 60 heavy (non-hydrogen) atoms. The molecule has 318 valence electrons. The first-order valence-corrected chi connectivity index (χ1v) is 26.6. The third-order valence-electron chi connectivity index (χ3n) is 14.1. The fourth-order valence-corrected chi connectivity index (χ4v) is 13.6. The molecular formula is C55H70N2S3. The molecule has 0 atom stereocenters. The zero-order valence-electron chi connectivity index (χ0n) is 37.4. The van der Waals surface area contributed by atoms with Crippen LogP contribution in [0, 0.1) is 13.8 Å². The lowest BCUT2D eigenvalue weighted by Crippen LogP contribution is -2.25. The van der Waals surface area contributed by atoms with Crippen LogP contribution in [0.3, 0.4) is 0 Å². The zero-order valence-corrected chi connectivity index (χ0v) is 39.8. The molecule has 0 N–H and O–H groups in total. The predicted octanol–water partition coefficient (Wildman–Crippen LogP) is 18.4. The molecule has 0 aliphatic heterocycles. The minimum atomic E-state index is 0.0953. The van der Waals surface area contributed by atoms with E-state index in [2.05, 4.69) is 88.4 Å². The Morgan fingerprint density at radius 1 is 0.500 bits per heavy atom. The number of hydrogen-bond acceptors (Lipinski definition) is 5. The molecule has 2 aliphatic carbocycles. The maximum atomic E-state index is 5.01. The highest BCUT2D eigenvalue weighted by atomic mass is 32.1. The number of aromatic nitrogens is 2. The van der Waals surface area contributed by atoms with Crippen molar-refractivity contribution < 1.29 is 0 Å². The summed E-state index contributed by atoms with van der Waals surface area (Å²) in [6.07, 6.45) is 31.8. The second-order valence-corrected chi connectivity index (χ2v) is 21.4. The van der Waals surface area contributed by atoms with Crippen molar-refractivity contribution in [2.75, 3.05) is 0 Å². The molecule has 0 saturated heterocycles. The molecule has 1 saturated carbocycles. The molecule has 1 fully saturated rings. The van der Waals surface area contributed by atoms with Crippen LogP contribution in [0.5, 0.6) is 0 Å². The molecule has 2 aliphatic rings. The Bertz CT molecular complexity index is 2300. The number of fused-ring (bicyclic) bond motifs is 6. The number of hydrogen-bond donors (Lipinski definition) is 0. The summed E-state index contributed by atoms with van der Waals surface area (Å²) in [5.41, 5.74) is 16.8. The van der Waals surface area contributed by atoms with Gasteiger partial charge < -0.3 is 0 Å². The van der Waals surface area contributed by atoms with Crippen LogP contribution in [0.25, 0.3) is 53.5 Å². The molecule has 0 amide bonds. The van der Waals surface area contributed by atoms with Crippen LogP contribution in [0.15, 0.2) is 60.7 Å². The van der Waals surface area contributed by atoms with E-state index in [1.165, 1.54) is 223 Å². The first-order chi connectivity index (χ1) is 29.5. The molecule has 0 bridgehead atoms. The summed E-state index contributed by atoms with van der Waals surface area (Å²) in [6, 6.07) is 24.8. The van der Waals surface area contributed by atoms with E-state index < -0.39 is 0 Å². The van der Waals surface area contributed by atoms with Crippen LogP contribution in [-0.2, 0) is 18.3 Å². The number of aryl methyl sites for hydroxylation is 4. The van der Waals surface area contributed by atoms with Crippen molar-refractivity contribution in [1.29, 1.82) is 0 Å². The van der Waals surface area contributed by atoms with Crippen molar-refractivity contribution in [2.45, 2.75) is 187 Å². The molecule has 3 aromatic heterocycles. The van der Waals surface area contributed by atoms with Crippen molar-refractivity contribution in [2.24, 2.45) is 0 Å². The van der Waals surface area contributed by atoms with E-state index >= 15 is 0 Å². The fourth-order valence-electron chi connectivity index (χ4n) is 10.7. The van der Waals surface area contributed by atoms with E-state index in [0.717, 1.165) is 17.5 Å². The normalized spacial score (nSPS) is 16.2. The average molecular weight is 855 g/mol. The van der Waals surface area contributed by atoms with Gasteiger partial charge >= 0.3 is 0 Å². The van der Waals surface area contributed by atoms with Gasteiger partial charge in [-0.05, 0) is 110 Å². The lowest BCUT2D eigenvalue weighted by molar-refractivity contribution is 0.399. The summed E-state index contributed by atoms with van der Waals surface area (Å²) >= 11 is 5.30. The standard InChI is InChI=1S/C55H70N2S3/c1-5-7-9-21-25-41-37-50(58-40(41)4)46-31-32-47(53-52(46)56-60-57-53)51-38-42(26-22-10-8-6-2)54(59-51)43-28-30-45-44-29-27-39(3)35-48(44)55(49(45)36-43)33-23-19-17-15-13-11-12-14-16-18-20-24-34-55/h27-32,35-38H,5-26,33-34H2,1-4H3. The van der Waals surface area contributed by atoms with E-state index in [1.807, 2.05) is 22.7 Å². The summed E-state index contributed by atoms with van der Waals surface area (Å²) in [4.78, 5) is 5.58. The maximum Gasteiger partial charge on any atom is 0.114 e. The highest BCUT2D eigenvalue weighted by molar-refractivity contribution is 7.19. The SMILES string of the molecule is CCCCCCc1cc(-c2ccc(-c3cc(CCCCCC)c(-c4ccc5c(c4)C4(CCCCCCCCCCCCCC4)c4cc(C)ccc4-5)s3)c3nsnc23)sc1C. The lowest BCUT2D eigenvalue weighted by atomic mass is 9.70. The molecule has 1 spiro atoms. The number of nitrogens with zero attached hydrogens (tertiary/aromatic N) is 2. The topological polar surface area (TPSA) is 25.8 Å². The molecule has 8 rings (SSSR count). The summed E-state index contributed by atoms with van der Waals surface area (Å²) in [6.45, 7) is 9.23. The molecule has 2 nitrogen and oxygen atoms in total. The van der Waals surface area contributed by atoms with Gasteiger partial charge in [0.25, 0.3) is 0 Å². The first kappa shape index (κ1) is 43.5. The van der Waals surface area contributed by atoms with Gasteiger partial charge in [-0.25, -0.2) is 0 Å². The minimum Gasteiger partial charge on any atom is -0.172 e. The van der Waals surface area contributed by atoms with Crippen molar-refractivity contribution in [1.82, 2.24) is 8.75 Å². The van der Waals surface area contributed by atoms with Crippen molar-refractivity contribution in [3.05, 3.63) is 93.4 Å². The van der Waals surface area contributed by atoms with Crippen LogP contribution in [0.2, 0.25) is 0 Å². The smallest absolute Gasteiger partial charge is 0.114 e. The molecule has 0 radical (unpaired) electrons. The molecular weight excluding hydrogens is 785 g/mol. The van der Waals surface area contributed by atoms with Gasteiger partial charge in [-0.15, -0.1) is 22.7 Å². The zero-order chi connectivity index (χ0) is 41.3. The van der Waals surface area contributed by atoms with Crippen molar-refractivity contribution in [3.8, 4) is 42.4 Å². The average Bonchev–Trinajstić information content (AvgIpc) is 4.05. The Labute approximate surface area is 375 Å². The van der Waals surface area contributed by atoms with Gasteiger partial charge in [0.05, 0.1) is 11.7 Å². The monoisotopic (exact) mass is 854 g/mol. The summed E-state index contributed by atoms with van der Waals surface area (Å²) in [5.74, 6) is 0. The van der Waals surface area contributed by atoms with Crippen LogP contribution in [-0.4, -0.2) is 8.75 Å². The second-order valence-electron chi connectivity index (χ2n) is 18.5. The molecule has 3 heterocycles. The van der Waals surface area contributed by atoms with Gasteiger partial charge in [-0.1, -0.05) is 177 Å². The first-order valence-electron chi connectivity index (χ1n) is 24.2. The Morgan fingerprint density at radius 3 is 1.60 bits per heavy atom. The summed E-state index contributed by atoms with van der Waals surface area (Å²) < 4.78 is 9.99. The second kappa shape index (κ2) is 20.8. The van der Waals surface area contributed by atoms with E-state index in [9.17, 15) is 0 Å². The predicted molar refractivity (Wildman–Crippen MR) is 265 cm³/mol. The van der Waals surface area contributed by atoms with Gasteiger partial charge in [0.1, 0.15) is 11.0 Å². The Hall–Kier alpha value is -3.12. The Morgan fingerprint density at radius 2 is 1.00 bits per heavy atom. The van der Waals surface area contributed by atoms with E-state index in [4.69, 9.17) is 8.75 Å². The van der Waals surface area contributed by atoms with Gasteiger partial charge in [0.15, 0.2) is 0 Å². The third-order valence-corrected chi connectivity index (χ3v) is 17.0. The Balaban J connectivity index is 1.17. The number of unbranched alkanes of at least 4 members (excludes halogenated alkanes) is 6. The Kier molecular flexibility index (Phi) is 15.1. The molecule has 6 aromatic rings. The van der Waals surface area contributed by atoms with E-state index in [0.29, 0.717) is 0 Å². The van der Waals surface area contributed by atoms with Gasteiger partial charge in [-0.3, -0.25) is 0 Å². The maximum absolute atomic E-state index is 5.01. The van der Waals surface area contributed by atoms with E-state index in [1.54, 1.807) is 11.1 Å². The quantitative estimate of drug-likeness (QED) is 0.108. The van der Waals surface area contributed by atoms with E-state index in [-0.39, 0.29) is 5.41 Å². The van der Waals surface area contributed by atoms with Crippen LogP contribution in [0.1, 0.15) is 188 Å². The molecule has 3 aromatic carbocycles. The van der Waals surface area contributed by atoms with Crippen LogP contribution in [0.4, 0.5) is 0 Å². The third kappa shape index (κ3) is 9.59. The highest BCUT2D eigenvalue weighted by Crippen LogP contribution is 2.56. The van der Waals surface area contributed by atoms with Gasteiger partial charge in [-0.2, -0.15) is 8.75 Å². The van der Waals surface area contributed by atoms with Crippen molar-refractivity contribution in [3.63, 3.8) is 0 Å². The fraction of sp³-hybridized carbons (Fsp3) is 0.527. The number of thiophene rings is 2. The van der Waals surface area contributed by atoms with Gasteiger partial charge in [0, 0.05) is 36.1 Å². The van der Waals surface area contributed by atoms with Crippen LogP contribution < -0.4 is 0 Å². The summed E-state index contributed by atoms with van der Waals surface area (Å²) in [7, 11) is 0. The van der Waals surface area contributed by atoms with Crippen molar-refractivity contribution >= 4 is 45.4 Å². The summed E-state index contributed by atoms with van der Waals surface area (Å²) in [5, 5.41) is 0. The highest BCUT2D eigenvalue weighted by Gasteiger charge is 2.42.